The molecule has 7 nitrogen and oxygen atoms in total. The van der Waals surface area contributed by atoms with Gasteiger partial charge < -0.3 is 9.09 Å². The van der Waals surface area contributed by atoms with Crippen LogP contribution in [0.3, 0.4) is 0 Å². The lowest BCUT2D eigenvalue weighted by molar-refractivity contribution is 0.102. The van der Waals surface area contributed by atoms with E-state index in [-0.39, 0.29) is 17.1 Å². The number of hydrogen-bond donors (Lipinski definition) is 1. The van der Waals surface area contributed by atoms with Crippen LogP contribution in [0.25, 0.3) is 0 Å². The van der Waals surface area contributed by atoms with E-state index in [4.69, 9.17) is 4.52 Å². The zero-order valence-corrected chi connectivity index (χ0v) is 9.30. The number of nitrogens with one attached hydrogen (secondary N) is 1. The molecule has 2 heterocycles. The third kappa shape index (κ3) is 2.39. The van der Waals surface area contributed by atoms with Crippen molar-refractivity contribution in [1.82, 2.24) is 14.7 Å². The molecule has 0 aliphatic rings. The molecule has 0 aliphatic heterocycles. The van der Waals surface area contributed by atoms with Crippen molar-refractivity contribution < 1.29 is 9.32 Å². The van der Waals surface area contributed by atoms with Gasteiger partial charge >= 0.3 is 6.01 Å². The van der Waals surface area contributed by atoms with Crippen LogP contribution >= 0.6 is 0 Å². The summed E-state index contributed by atoms with van der Waals surface area (Å²) in [5.74, 6) is -0.0457. The quantitative estimate of drug-likeness (QED) is 0.808. The standard InChI is InChI=1S/C10H10N4O3/c1-6-11-10(17-13-6)12-9(16)7-3-4-14(2)8(15)5-7/h3-5H,1-2H3,(H,11,12,13,16). The molecule has 0 fully saturated rings. The van der Waals surface area contributed by atoms with Gasteiger partial charge in [-0.2, -0.15) is 4.98 Å². The van der Waals surface area contributed by atoms with Crippen molar-refractivity contribution in [3.8, 4) is 0 Å². The summed E-state index contributed by atoms with van der Waals surface area (Å²) < 4.78 is 6.10. The van der Waals surface area contributed by atoms with Crippen molar-refractivity contribution in [1.29, 1.82) is 0 Å². The Balaban J connectivity index is 2.20. The Morgan fingerprint density at radius 1 is 1.53 bits per heavy atom. The molecule has 88 valence electrons. The topological polar surface area (TPSA) is 90.0 Å². The second kappa shape index (κ2) is 4.20. The molecule has 0 unspecified atom stereocenters. The average Bonchev–Trinajstić information content (AvgIpc) is 2.68. The highest BCUT2D eigenvalue weighted by atomic mass is 16.5. The van der Waals surface area contributed by atoms with Gasteiger partial charge in [0.05, 0.1) is 0 Å². The van der Waals surface area contributed by atoms with Gasteiger partial charge in [0.15, 0.2) is 5.82 Å². The van der Waals surface area contributed by atoms with Gasteiger partial charge in [0.25, 0.3) is 11.5 Å². The molecule has 0 aromatic carbocycles. The lowest BCUT2D eigenvalue weighted by Gasteiger charge is -2.01. The number of nitrogens with zero attached hydrogens (tertiary/aromatic N) is 3. The smallest absolute Gasteiger partial charge is 0.319 e. The Hall–Kier alpha value is -2.44. The highest BCUT2D eigenvalue weighted by Gasteiger charge is 2.10. The Kier molecular flexibility index (Phi) is 2.73. The zero-order valence-electron chi connectivity index (χ0n) is 9.30. The molecular formula is C10H10N4O3. The van der Waals surface area contributed by atoms with Crippen LogP contribution in [-0.4, -0.2) is 20.6 Å². The average molecular weight is 234 g/mol. The minimum atomic E-state index is -0.466. The van der Waals surface area contributed by atoms with Crippen LogP contribution < -0.4 is 10.9 Å². The molecule has 2 aromatic rings. The fraction of sp³-hybridized carbons (Fsp3) is 0.200. The predicted octanol–water partition coefficient (Wildman–Crippen LogP) is 0.329. The van der Waals surface area contributed by atoms with Crippen molar-refractivity contribution in [2.24, 2.45) is 7.05 Å². The van der Waals surface area contributed by atoms with Crippen LogP contribution in [0, 0.1) is 6.92 Å². The van der Waals surface area contributed by atoms with E-state index in [2.05, 4.69) is 15.5 Å². The van der Waals surface area contributed by atoms with Crippen molar-refractivity contribution in [3.05, 3.63) is 40.1 Å². The molecule has 0 atom stereocenters. The first-order valence-corrected chi connectivity index (χ1v) is 4.84. The van der Waals surface area contributed by atoms with E-state index in [0.29, 0.717) is 5.82 Å². The lowest BCUT2D eigenvalue weighted by atomic mass is 10.2. The monoisotopic (exact) mass is 234 g/mol. The number of pyridine rings is 1. The first kappa shape index (κ1) is 11.1. The van der Waals surface area contributed by atoms with Gasteiger partial charge in [0.1, 0.15) is 0 Å². The Labute approximate surface area is 96.1 Å². The van der Waals surface area contributed by atoms with Crippen LogP contribution in [0.1, 0.15) is 16.2 Å². The van der Waals surface area contributed by atoms with E-state index in [1.165, 1.54) is 22.9 Å². The van der Waals surface area contributed by atoms with E-state index in [9.17, 15) is 9.59 Å². The minimum absolute atomic E-state index is 0.00757. The van der Waals surface area contributed by atoms with Gasteiger partial charge in [-0.1, -0.05) is 5.16 Å². The summed E-state index contributed by atoms with van der Waals surface area (Å²) in [5.41, 5.74) is -0.0247. The van der Waals surface area contributed by atoms with E-state index in [1.807, 2.05) is 0 Å². The molecule has 0 aliphatic carbocycles. The fourth-order valence-electron chi connectivity index (χ4n) is 1.21. The summed E-state index contributed by atoms with van der Waals surface area (Å²) in [6.45, 7) is 1.64. The van der Waals surface area contributed by atoms with Gasteiger partial charge in [0, 0.05) is 24.9 Å². The molecule has 17 heavy (non-hydrogen) atoms. The first-order chi connectivity index (χ1) is 8.06. The molecule has 1 N–H and O–H groups in total. The summed E-state index contributed by atoms with van der Waals surface area (Å²) in [4.78, 5) is 26.9. The van der Waals surface area contributed by atoms with Gasteiger partial charge in [-0.15, -0.1) is 0 Å². The largest absolute Gasteiger partial charge is 0.328 e. The fourth-order valence-corrected chi connectivity index (χ4v) is 1.21. The number of carbonyl (C=O) groups excluding carboxylic acids is 1. The van der Waals surface area contributed by atoms with Crippen molar-refractivity contribution >= 4 is 11.9 Å². The maximum atomic E-state index is 11.7. The van der Waals surface area contributed by atoms with Crippen molar-refractivity contribution in [3.63, 3.8) is 0 Å². The van der Waals surface area contributed by atoms with Crippen molar-refractivity contribution in [2.75, 3.05) is 5.32 Å². The molecule has 0 saturated heterocycles. The Bertz CT molecular complexity index is 614. The first-order valence-electron chi connectivity index (χ1n) is 4.84. The van der Waals surface area contributed by atoms with Crippen LogP contribution in [-0.2, 0) is 7.05 Å². The number of carbonyl (C=O) groups is 1. The van der Waals surface area contributed by atoms with E-state index in [0.717, 1.165) is 0 Å². The maximum absolute atomic E-state index is 11.7. The summed E-state index contributed by atoms with van der Waals surface area (Å²) in [6, 6.07) is 2.77. The van der Waals surface area contributed by atoms with Gasteiger partial charge in [-0.25, -0.2) is 0 Å². The number of anilines is 1. The molecule has 2 aromatic heterocycles. The van der Waals surface area contributed by atoms with Gasteiger partial charge in [-0.05, 0) is 13.0 Å². The highest BCUT2D eigenvalue weighted by molar-refractivity contribution is 6.02. The van der Waals surface area contributed by atoms with Crippen LogP contribution in [0.2, 0.25) is 0 Å². The van der Waals surface area contributed by atoms with E-state index in [1.54, 1.807) is 14.0 Å². The van der Waals surface area contributed by atoms with Gasteiger partial charge in [0.2, 0.25) is 0 Å². The van der Waals surface area contributed by atoms with Crippen LogP contribution in [0.5, 0.6) is 0 Å². The molecule has 7 heteroatoms. The molecule has 2 rings (SSSR count). The summed E-state index contributed by atoms with van der Waals surface area (Å²) in [5, 5.41) is 5.93. The van der Waals surface area contributed by atoms with E-state index < -0.39 is 5.91 Å². The molecule has 0 radical (unpaired) electrons. The molecule has 1 amide bonds. The van der Waals surface area contributed by atoms with E-state index >= 15 is 0 Å². The molecule has 0 saturated carbocycles. The number of rotatable bonds is 2. The Morgan fingerprint density at radius 3 is 2.88 bits per heavy atom. The highest BCUT2D eigenvalue weighted by Crippen LogP contribution is 2.05. The predicted molar refractivity (Wildman–Crippen MR) is 58.7 cm³/mol. The zero-order chi connectivity index (χ0) is 12.4. The second-order valence-electron chi connectivity index (χ2n) is 3.47. The number of aryl methyl sites for hydroxylation is 2. The molecule has 0 spiro atoms. The lowest BCUT2D eigenvalue weighted by Crippen LogP contribution is -2.20. The third-order valence-corrected chi connectivity index (χ3v) is 2.11. The summed E-state index contributed by atoms with van der Waals surface area (Å²) in [6.07, 6.45) is 1.51. The normalized spacial score (nSPS) is 10.2. The van der Waals surface area contributed by atoms with Crippen LogP contribution in [0.4, 0.5) is 6.01 Å². The summed E-state index contributed by atoms with van der Waals surface area (Å²) >= 11 is 0. The third-order valence-electron chi connectivity index (χ3n) is 2.11. The molecule has 0 bridgehead atoms. The number of hydrogen-bond acceptors (Lipinski definition) is 5. The minimum Gasteiger partial charge on any atom is -0.319 e. The van der Waals surface area contributed by atoms with Crippen LogP contribution in [0.15, 0.2) is 27.6 Å². The Morgan fingerprint density at radius 2 is 2.29 bits per heavy atom. The van der Waals surface area contributed by atoms with Gasteiger partial charge in [-0.3, -0.25) is 14.9 Å². The molecular weight excluding hydrogens is 224 g/mol. The SMILES string of the molecule is Cc1noc(NC(=O)c2ccn(C)c(=O)c2)n1. The number of aromatic nitrogens is 3. The van der Waals surface area contributed by atoms with Crippen molar-refractivity contribution in [2.45, 2.75) is 6.92 Å². The summed E-state index contributed by atoms with van der Waals surface area (Å²) in [7, 11) is 1.60. The maximum Gasteiger partial charge on any atom is 0.328 e. The second-order valence-corrected chi connectivity index (χ2v) is 3.47. The number of amides is 1.